The number of rotatable bonds is 12. The molecular formula is C38H46N2O6S. The molecule has 250 valence electrons. The van der Waals surface area contributed by atoms with E-state index in [0.717, 1.165) is 56.3 Å². The van der Waals surface area contributed by atoms with Gasteiger partial charge < -0.3 is 14.2 Å². The van der Waals surface area contributed by atoms with Crippen molar-refractivity contribution < 1.29 is 27.4 Å². The Morgan fingerprint density at radius 1 is 1.02 bits per heavy atom. The monoisotopic (exact) mass is 658 g/mol. The molecule has 2 bridgehead atoms. The number of sulfonamides is 1. The Balaban J connectivity index is 1.28. The van der Waals surface area contributed by atoms with Crippen LogP contribution in [0.2, 0.25) is 0 Å². The third-order valence-corrected chi connectivity index (χ3v) is 12.7. The molecule has 1 saturated heterocycles. The van der Waals surface area contributed by atoms with Gasteiger partial charge in [-0.2, -0.15) is 4.31 Å². The number of hydrogen-bond donors (Lipinski definition) is 0. The predicted octanol–water partition coefficient (Wildman–Crippen LogP) is 5.38. The lowest BCUT2D eigenvalue weighted by Gasteiger charge is -2.60. The van der Waals surface area contributed by atoms with Gasteiger partial charge in [-0.25, -0.2) is 13.2 Å². The highest BCUT2D eigenvalue weighted by Crippen LogP contribution is 2.64. The summed E-state index contributed by atoms with van der Waals surface area (Å²) in [6.45, 7) is 6.31. The van der Waals surface area contributed by atoms with E-state index in [1.807, 2.05) is 36.4 Å². The van der Waals surface area contributed by atoms with Crippen molar-refractivity contribution in [2.24, 2.45) is 11.8 Å². The molecule has 0 N–H and O–H groups in total. The SMILES string of the molecule is COCC(=O)Oc1ccc2c3c1OC1C(N(CC(C)C)S(=O)(=O)Cc4ccccc4)CC[C@H]4[C@@H](C2)N(CCc2ccccc2)CC[C@]314. The Morgan fingerprint density at radius 2 is 1.74 bits per heavy atom. The minimum absolute atomic E-state index is 0.0474. The maximum absolute atomic E-state index is 14.4. The second kappa shape index (κ2) is 13.0. The first-order valence-electron chi connectivity index (χ1n) is 17.1. The van der Waals surface area contributed by atoms with Gasteiger partial charge in [0.1, 0.15) is 12.7 Å². The average molecular weight is 659 g/mol. The van der Waals surface area contributed by atoms with E-state index in [4.69, 9.17) is 14.2 Å². The first-order chi connectivity index (χ1) is 22.7. The number of hydrogen-bond acceptors (Lipinski definition) is 7. The summed E-state index contributed by atoms with van der Waals surface area (Å²) >= 11 is 0. The molecule has 5 atom stereocenters. The number of benzene rings is 3. The molecule has 4 aliphatic rings. The molecule has 2 heterocycles. The van der Waals surface area contributed by atoms with Gasteiger partial charge in [0.15, 0.2) is 11.5 Å². The van der Waals surface area contributed by atoms with Crippen molar-refractivity contribution in [3.63, 3.8) is 0 Å². The highest BCUT2D eigenvalue weighted by Gasteiger charge is 2.67. The Bertz CT molecular complexity index is 1700. The van der Waals surface area contributed by atoms with Crippen LogP contribution in [-0.2, 0) is 43.6 Å². The Hall–Kier alpha value is -3.24. The van der Waals surface area contributed by atoms with Gasteiger partial charge in [-0.15, -0.1) is 0 Å². The maximum atomic E-state index is 14.4. The zero-order valence-electron chi connectivity index (χ0n) is 27.6. The number of likely N-dealkylation sites (tertiary alicyclic amines) is 1. The Morgan fingerprint density at radius 3 is 2.45 bits per heavy atom. The molecule has 2 unspecified atom stereocenters. The lowest BCUT2D eigenvalue weighted by molar-refractivity contribution is -0.138. The van der Waals surface area contributed by atoms with E-state index >= 15 is 0 Å². The van der Waals surface area contributed by atoms with E-state index in [-0.39, 0.29) is 35.8 Å². The number of piperidine rings is 1. The van der Waals surface area contributed by atoms with Gasteiger partial charge >= 0.3 is 5.97 Å². The highest BCUT2D eigenvalue weighted by atomic mass is 32.2. The fraction of sp³-hybridized carbons (Fsp3) is 0.500. The minimum Gasteiger partial charge on any atom is -0.484 e. The standard InChI is InChI=1S/C38H46N2O6S/c1-26(2)23-40(47(42,43)25-28-12-8-5-9-13-28)31-16-15-30-32-22-29-14-17-33(45-34(41)24-44-3)36-35(29)38(30,37(31)46-36)19-21-39(32)20-18-27-10-6-4-7-11-27/h4-14,17,26,30-32,37H,15-16,18-25H2,1-3H3/t30-,31?,32+,37?,38-/m0/s1. The summed E-state index contributed by atoms with van der Waals surface area (Å²) in [5.74, 6) is 0.941. The predicted molar refractivity (Wildman–Crippen MR) is 181 cm³/mol. The van der Waals surface area contributed by atoms with E-state index in [9.17, 15) is 13.2 Å². The Labute approximate surface area is 279 Å². The van der Waals surface area contributed by atoms with Gasteiger partial charge in [0.25, 0.3) is 0 Å². The molecule has 1 saturated carbocycles. The fourth-order valence-corrected chi connectivity index (χ4v) is 11.0. The summed E-state index contributed by atoms with van der Waals surface area (Å²) in [5, 5.41) is 0. The van der Waals surface area contributed by atoms with Crippen molar-refractivity contribution in [1.29, 1.82) is 0 Å². The van der Waals surface area contributed by atoms with Gasteiger partial charge in [0.2, 0.25) is 10.0 Å². The van der Waals surface area contributed by atoms with Crippen LogP contribution in [0.1, 0.15) is 55.4 Å². The zero-order valence-corrected chi connectivity index (χ0v) is 28.5. The van der Waals surface area contributed by atoms with Crippen molar-refractivity contribution in [3.8, 4) is 11.5 Å². The molecule has 3 aromatic rings. The Kier molecular flexibility index (Phi) is 8.93. The normalized spacial score (nSPS) is 26.2. The molecule has 3 aromatic carbocycles. The van der Waals surface area contributed by atoms with E-state index in [1.54, 1.807) is 4.31 Å². The third kappa shape index (κ3) is 5.90. The molecule has 8 nitrogen and oxygen atoms in total. The van der Waals surface area contributed by atoms with Crippen LogP contribution in [0.5, 0.6) is 11.5 Å². The van der Waals surface area contributed by atoms with Crippen LogP contribution in [0.3, 0.4) is 0 Å². The van der Waals surface area contributed by atoms with Crippen LogP contribution in [-0.4, -0.2) is 75.1 Å². The number of methoxy groups -OCH3 is 1. The van der Waals surface area contributed by atoms with Crippen LogP contribution in [0, 0.1) is 11.8 Å². The van der Waals surface area contributed by atoms with Crippen LogP contribution in [0.15, 0.2) is 72.8 Å². The molecular weight excluding hydrogens is 612 g/mol. The fourth-order valence-electron chi connectivity index (χ4n) is 9.11. The third-order valence-electron chi connectivity index (χ3n) is 10.9. The summed E-state index contributed by atoms with van der Waals surface area (Å²) in [6.07, 6.45) is 4.03. The number of carbonyl (C=O) groups is 1. The van der Waals surface area contributed by atoms with Gasteiger partial charge in [0.05, 0.1) is 11.8 Å². The average Bonchev–Trinajstić information content (AvgIpc) is 3.40. The van der Waals surface area contributed by atoms with Crippen molar-refractivity contribution in [3.05, 3.63) is 95.1 Å². The summed E-state index contributed by atoms with van der Waals surface area (Å²) < 4.78 is 48.4. The summed E-state index contributed by atoms with van der Waals surface area (Å²) in [7, 11) is -2.21. The van der Waals surface area contributed by atoms with Crippen LogP contribution in [0.4, 0.5) is 0 Å². The van der Waals surface area contributed by atoms with Crippen molar-refractivity contribution in [2.75, 3.05) is 33.4 Å². The number of esters is 1. The molecule has 2 aliphatic heterocycles. The van der Waals surface area contributed by atoms with Crippen molar-refractivity contribution in [1.82, 2.24) is 9.21 Å². The van der Waals surface area contributed by atoms with E-state index < -0.39 is 16.0 Å². The second-order valence-electron chi connectivity index (χ2n) is 14.2. The molecule has 1 spiro atoms. The first kappa shape index (κ1) is 32.3. The highest BCUT2D eigenvalue weighted by molar-refractivity contribution is 7.88. The summed E-state index contributed by atoms with van der Waals surface area (Å²) in [5.41, 5.74) is 4.13. The van der Waals surface area contributed by atoms with Crippen LogP contribution in [0.25, 0.3) is 0 Å². The molecule has 2 aliphatic carbocycles. The molecule has 9 heteroatoms. The minimum atomic E-state index is -3.68. The quantitative estimate of drug-likeness (QED) is 0.191. The van der Waals surface area contributed by atoms with E-state index in [1.165, 1.54) is 18.2 Å². The number of ether oxygens (including phenoxy) is 3. The van der Waals surface area contributed by atoms with Crippen LogP contribution < -0.4 is 9.47 Å². The number of carbonyl (C=O) groups excluding carboxylic acids is 1. The molecule has 0 aromatic heterocycles. The van der Waals surface area contributed by atoms with E-state index in [2.05, 4.69) is 55.1 Å². The van der Waals surface area contributed by atoms with Gasteiger partial charge in [-0.05, 0) is 73.2 Å². The van der Waals surface area contributed by atoms with Gasteiger partial charge in [-0.3, -0.25) is 4.90 Å². The first-order valence-corrected chi connectivity index (χ1v) is 18.7. The molecule has 47 heavy (non-hydrogen) atoms. The summed E-state index contributed by atoms with van der Waals surface area (Å²) in [4.78, 5) is 15.3. The number of nitrogens with zero attached hydrogens (tertiary/aromatic N) is 2. The maximum Gasteiger partial charge on any atom is 0.337 e. The lowest BCUT2D eigenvalue weighted by Crippen LogP contribution is -2.69. The molecule has 0 amide bonds. The van der Waals surface area contributed by atoms with Crippen LogP contribution >= 0.6 is 0 Å². The largest absolute Gasteiger partial charge is 0.484 e. The van der Waals surface area contributed by atoms with Gasteiger partial charge in [-0.1, -0.05) is 80.6 Å². The zero-order chi connectivity index (χ0) is 32.8. The summed E-state index contributed by atoms with van der Waals surface area (Å²) in [6, 6.07) is 24.1. The lowest BCUT2D eigenvalue weighted by atomic mass is 9.51. The molecule has 2 fully saturated rings. The van der Waals surface area contributed by atoms with Crippen molar-refractivity contribution in [2.45, 2.75) is 75.3 Å². The topological polar surface area (TPSA) is 85.4 Å². The van der Waals surface area contributed by atoms with Gasteiger partial charge in [0, 0.05) is 37.2 Å². The smallest absolute Gasteiger partial charge is 0.337 e. The molecule has 7 rings (SSSR count). The second-order valence-corrected chi connectivity index (χ2v) is 16.1. The van der Waals surface area contributed by atoms with Crippen molar-refractivity contribution >= 4 is 16.0 Å². The molecule has 0 radical (unpaired) electrons. The van der Waals surface area contributed by atoms with E-state index in [0.29, 0.717) is 30.0 Å².